The van der Waals surface area contributed by atoms with Gasteiger partial charge >= 0.3 is 11.9 Å². The number of rotatable bonds is 7. The van der Waals surface area contributed by atoms with Gasteiger partial charge in [0.2, 0.25) is 0 Å². The number of benzene rings is 1. The van der Waals surface area contributed by atoms with Gasteiger partial charge in [-0.2, -0.15) is 5.26 Å². The highest BCUT2D eigenvalue weighted by atomic mass is 32.2. The molecule has 0 aliphatic heterocycles. The molecule has 1 aromatic heterocycles. The number of carbonyl (C=O) groups excluding carboxylic acids is 2. The Labute approximate surface area is 160 Å². The lowest BCUT2D eigenvalue weighted by molar-refractivity contribution is 0.0560. The summed E-state index contributed by atoms with van der Waals surface area (Å²) in [5.74, 6) is -1.77. The summed E-state index contributed by atoms with van der Waals surface area (Å²) in [4.78, 5) is 24.1. The number of thiophene rings is 1. The number of methoxy groups -OCH3 is 1. The Morgan fingerprint density at radius 3 is 2.48 bits per heavy atom. The van der Waals surface area contributed by atoms with E-state index in [-0.39, 0.29) is 26.8 Å². The van der Waals surface area contributed by atoms with Crippen LogP contribution in [0, 0.1) is 18.3 Å². The topological polar surface area (TPSA) is 123 Å². The van der Waals surface area contributed by atoms with E-state index in [0.29, 0.717) is 11.3 Å². The molecule has 8 nitrogen and oxygen atoms in total. The van der Waals surface area contributed by atoms with E-state index < -0.39 is 28.6 Å². The van der Waals surface area contributed by atoms with Gasteiger partial charge in [-0.25, -0.2) is 22.7 Å². The summed E-state index contributed by atoms with van der Waals surface area (Å²) < 4.78 is 36.9. The molecule has 0 amide bonds. The molecule has 1 aromatic carbocycles. The summed E-state index contributed by atoms with van der Waals surface area (Å²) >= 11 is 0.595. The Morgan fingerprint density at radius 1 is 1.22 bits per heavy atom. The zero-order valence-corrected chi connectivity index (χ0v) is 16.1. The summed E-state index contributed by atoms with van der Waals surface area (Å²) in [5.41, 5.74) is 0.615. The first kappa shape index (κ1) is 20.6. The van der Waals surface area contributed by atoms with E-state index in [1.807, 2.05) is 0 Å². The zero-order valence-electron chi connectivity index (χ0n) is 14.5. The molecule has 2 aromatic rings. The second-order valence-electron chi connectivity index (χ2n) is 5.25. The average Bonchev–Trinajstić information content (AvgIpc) is 3.03. The van der Waals surface area contributed by atoms with E-state index in [0.717, 1.165) is 12.7 Å². The van der Waals surface area contributed by atoms with Crippen LogP contribution in [0.1, 0.15) is 31.2 Å². The Morgan fingerprint density at radius 2 is 1.89 bits per heavy atom. The molecule has 27 heavy (non-hydrogen) atoms. The van der Waals surface area contributed by atoms with Crippen molar-refractivity contribution in [2.24, 2.45) is 0 Å². The van der Waals surface area contributed by atoms with Crippen molar-refractivity contribution in [2.75, 3.05) is 13.7 Å². The summed E-state index contributed by atoms with van der Waals surface area (Å²) in [7, 11) is -2.99. The van der Waals surface area contributed by atoms with Crippen molar-refractivity contribution in [3.8, 4) is 6.07 Å². The second kappa shape index (κ2) is 8.77. The van der Waals surface area contributed by atoms with Crippen molar-refractivity contribution in [1.82, 2.24) is 4.72 Å². The van der Waals surface area contributed by atoms with E-state index in [1.165, 1.54) is 6.92 Å². The normalized spacial score (nSPS) is 10.9. The highest BCUT2D eigenvalue weighted by Gasteiger charge is 2.32. The molecule has 1 heterocycles. The molecule has 0 unspecified atom stereocenters. The number of hydrogen-bond acceptors (Lipinski definition) is 8. The number of carbonyl (C=O) groups is 2. The fourth-order valence-electron chi connectivity index (χ4n) is 2.21. The summed E-state index contributed by atoms with van der Waals surface area (Å²) in [6.07, 6.45) is 0. The molecule has 1 N–H and O–H groups in total. The van der Waals surface area contributed by atoms with E-state index in [9.17, 15) is 18.0 Å². The van der Waals surface area contributed by atoms with Gasteiger partial charge in [-0.15, -0.1) is 11.3 Å². The number of nitrogens with zero attached hydrogens (tertiary/aromatic N) is 1. The SMILES string of the molecule is COC(=O)c1c(S(=O)(=O)NCc2ccccc2)sc(C(=O)OCC#N)c1C. The smallest absolute Gasteiger partial charge is 0.349 e. The third-order valence-electron chi connectivity index (χ3n) is 3.51. The molecule has 0 saturated heterocycles. The largest absolute Gasteiger partial charge is 0.465 e. The molecule has 2 rings (SSSR count). The van der Waals surface area contributed by atoms with Crippen LogP contribution in [0.5, 0.6) is 0 Å². The maximum absolute atomic E-state index is 12.7. The van der Waals surface area contributed by atoms with Gasteiger partial charge in [0.1, 0.15) is 10.9 Å². The zero-order chi connectivity index (χ0) is 20.0. The minimum absolute atomic E-state index is 0.00887. The highest BCUT2D eigenvalue weighted by Crippen LogP contribution is 2.33. The standard InChI is InChI=1S/C17H16N2O6S2/c1-11-13(15(20)24-2)17(26-14(11)16(21)25-9-8-18)27(22,23)19-10-12-6-4-3-5-7-12/h3-7,19H,9-10H2,1-2H3. The molecule has 0 spiro atoms. The average molecular weight is 408 g/mol. The molecular formula is C17H16N2O6S2. The lowest BCUT2D eigenvalue weighted by atomic mass is 10.2. The van der Waals surface area contributed by atoms with Gasteiger partial charge in [0.05, 0.1) is 12.7 Å². The first-order chi connectivity index (χ1) is 12.8. The van der Waals surface area contributed by atoms with Crippen LogP contribution in [0.15, 0.2) is 34.5 Å². The van der Waals surface area contributed by atoms with Crippen molar-refractivity contribution in [2.45, 2.75) is 17.7 Å². The fourth-order valence-corrected chi connectivity index (χ4v) is 4.99. The summed E-state index contributed by atoms with van der Waals surface area (Å²) in [5, 5.41) is 8.52. The first-order valence-electron chi connectivity index (χ1n) is 7.61. The molecule has 0 aliphatic rings. The first-order valence-corrected chi connectivity index (χ1v) is 9.91. The Bertz CT molecular complexity index is 990. The summed E-state index contributed by atoms with van der Waals surface area (Å²) in [6, 6.07) is 10.5. The van der Waals surface area contributed by atoms with Gasteiger partial charge in [0, 0.05) is 6.54 Å². The third-order valence-corrected chi connectivity index (χ3v) is 6.70. The second-order valence-corrected chi connectivity index (χ2v) is 8.24. The molecule has 0 bridgehead atoms. The molecular weight excluding hydrogens is 392 g/mol. The molecule has 0 saturated carbocycles. The van der Waals surface area contributed by atoms with Crippen LogP contribution in [0.3, 0.4) is 0 Å². The number of nitriles is 1. The van der Waals surface area contributed by atoms with E-state index >= 15 is 0 Å². The van der Waals surface area contributed by atoms with Gasteiger partial charge in [0.25, 0.3) is 10.0 Å². The molecule has 0 fully saturated rings. The number of hydrogen-bond donors (Lipinski definition) is 1. The van der Waals surface area contributed by atoms with Gasteiger partial charge in [-0.3, -0.25) is 0 Å². The van der Waals surface area contributed by atoms with Crippen LogP contribution in [0.25, 0.3) is 0 Å². The third kappa shape index (κ3) is 4.71. The predicted molar refractivity (Wildman–Crippen MR) is 96.8 cm³/mol. The predicted octanol–water partition coefficient (Wildman–Crippen LogP) is 2.00. The van der Waals surface area contributed by atoms with Crippen molar-refractivity contribution in [3.63, 3.8) is 0 Å². The van der Waals surface area contributed by atoms with Gasteiger partial charge in [0.15, 0.2) is 10.8 Å². The highest BCUT2D eigenvalue weighted by molar-refractivity contribution is 7.91. The Balaban J connectivity index is 2.42. The lowest BCUT2D eigenvalue weighted by Gasteiger charge is -2.07. The van der Waals surface area contributed by atoms with Crippen LogP contribution in [-0.2, 0) is 26.0 Å². The van der Waals surface area contributed by atoms with Crippen LogP contribution >= 0.6 is 11.3 Å². The molecule has 10 heteroatoms. The number of sulfonamides is 1. The fraction of sp³-hybridized carbons (Fsp3) is 0.235. The van der Waals surface area contributed by atoms with Crippen molar-refractivity contribution < 1.29 is 27.5 Å². The van der Waals surface area contributed by atoms with Crippen LogP contribution in [0.2, 0.25) is 0 Å². The van der Waals surface area contributed by atoms with Crippen LogP contribution in [-0.4, -0.2) is 34.1 Å². The van der Waals surface area contributed by atoms with Gasteiger partial charge in [-0.05, 0) is 18.1 Å². The molecule has 0 radical (unpaired) electrons. The minimum Gasteiger partial charge on any atom is -0.465 e. The lowest BCUT2D eigenvalue weighted by Crippen LogP contribution is -2.24. The van der Waals surface area contributed by atoms with Crippen LogP contribution in [0.4, 0.5) is 0 Å². The Kier molecular flexibility index (Phi) is 6.68. The maximum Gasteiger partial charge on any atom is 0.349 e. The number of ether oxygens (including phenoxy) is 2. The monoisotopic (exact) mass is 408 g/mol. The molecule has 0 aliphatic carbocycles. The quantitative estimate of drug-likeness (QED) is 0.695. The molecule has 142 valence electrons. The van der Waals surface area contributed by atoms with Crippen LogP contribution < -0.4 is 4.72 Å². The number of esters is 2. The summed E-state index contributed by atoms with van der Waals surface area (Å²) in [6.45, 7) is 0.939. The number of nitrogens with one attached hydrogen (secondary N) is 1. The van der Waals surface area contributed by atoms with E-state index in [2.05, 4.69) is 9.46 Å². The van der Waals surface area contributed by atoms with E-state index in [1.54, 1.807) is 36.4 Å². The van der Waals surface area contributed by atoms with Gasteiger partial charge < -0.3 is 9.47 Å². The van der Waals surface area contributed by atoms with Crippen molar-refractivity contribution in [1.29, 1.82) is 5.26 Å². The van der Waals surface area contributed by atoms with Crippen molar-refractivity contribution in [3.05, 3.63) is 51.9 Å². The Hall–Kier alpha value is -2.74. The van der Waals surface area contributed by atoms with E-state index in [4.69, 9.17) is 10.00 Å². The minimum atomic E-state index is -4.11. The van der Waals surface area contributed by atoms with Gasteiger partial charge in [-0.1, -0.05) is 30.3 Å². The van der Waals surface area contributed by atoms with Crippen molar-refractivity contribution >= 4 is 33.3 Å². The molecule has 0 atom stereocenters. The maximum atomic E-state index is 12.7.